The summed E-state index contributed by atoms with van der Waals surface area (Å²) < 4.78 is 23.2. The number of carbonyl (C=O) groups is 1. The number of ether oxygens (including phenoxy) is 3. The quantitative estimate of drug-likeness (QED) is 0.235. The number of aryl methyl sites for hydroxylation is 1. The van der Waals surface area contributed by atoms with Crippen molar-refractivity contribution in [3.8, 4) is 23.0 Å². The summed E-state index contributed by atoms with van der Waals surface area (Å²) in [5.41, 5.74) is 1.62. The number of esters is 1. The topological polar surface area (TPSA) is 70.8 Å². The lowest BCUT2D eigenvalue weighted by atomic mass is 9.96. The van der Waals surface area contributed by atoms with E-state index in [1.54, 1.807) is 13.8 Å². The zero-order chi connectivity index (χ0) is 25.4. The van der Waals surface area contributed by atoms with E-state index >= 15 is 0 Å². The number of hydrogen-bond acceptors (Lipinski definition) is 6. The Hall–Kier alpha value is -4.06. The highest BCUT2D eigenvalue weighted by atomic mass is 16.6. The summed E-state index contributed by atoms with van der Waals surface area (Å²) in [7, 11) is 0. The van der Waals surface area contributed by atoms with Crippen LogP contribution < -0.4 is 9.47 Å². The molecule has 36 heavy (non-hydrogen) atoms. The van der Waals surface area contributed by atoms with Gasteiger partial charge in [0.2, 0.25) is 11.5 Å². The second-order valence-electron chi connectivity index (χ2n) is 8.67. The van der Waals surface area contributed by atoms with E-state index in [1.165, 1.54) is 0 Å². The Morgan fingerprint density at radius 2 is 1.58 bits per heavy atom. The van der Waals surface area contributed by atoms with E-state index in [1.807, 2.05) is 91.9 Å². The first kappa shape index (κ1) is 25.0. The summed E-state index contributed by atoms with van der Waals surface area (Å²) >= 11 is 0. The van der Waals surface area contributed by atoms with Gasteiger partial charge in [0.05, 0.1) is 18.9 Å². The maximum atomic E-state index is 12.8. The highest BCUT2D eigenvalue weighted by molar-refractivity contribution is 5.80. The van der Waals surface area contributed by atoms with Crippen LogP contribution in [-0.4, -0.2) is 29.8 Å². The number of para-hydroxylation sites is 1. The molecule has 0 aliphatic rings. The first-order chi connectivity index (χ1) is 17.5. The molecule has 0 amide bonds. The second kappa shape index (κ2) is 11.6. The van der Waals surface area contributed by atoms with E-state index in [2.05, 4.69) is 4.98 Å². The van der Waals surface area contributed by atoms with Gasteiger partial charge < -0.3 is 18.6 Å². The standard InChI is InChI=1S/C30H31NO5/c1-4-33-29(32)30(3,36-26-13-9-6-10-14-26)21-23-15-17-25(18-16-23)34-20-19-27-22(2)35-28(31-27)24-11-7-5-8-12-24/h5-18H,4,19-21H2,1-3H3/t30-/m0/s1. The summed E-state index contributed by atoms with van der Waals surface area (Å²) in [4.78, 5) is 17.4. The number of hydrogen-bond donors (Lipinski definition) is 0. The van der Waals surface area contributed by atoms with Crippen molar-refractivity contribution in [3.63, 3.8) is 0 Å². The number of aromatic nitrogens is 1. The predicted octanol–water partition coefficient (Wildman–Crippen LogP) is 6.21. The van der Waals surface area contributed by atoms with Crippen LogP contribution in [0.4, 0.5) is 0 Å². The monoisotopic (exact) mass is 485 g/mol. The van der Waals surface area contributed by atoms with Crippen LogP contribution in [0.1, 0.15) is 30.9 Å². The molecule has 186 valence electrons. The fourth-order valence-electron chi connectivity index (χ4n) is 3.91. The van der Waals surface area contributed by atoms with Crippen LogP contribution in [0.2, 0.25) is 0 Å². The molecule has 0 fully saturated rings. The zero-order valence-corrected chi connectivity index (χ0v) is 20.9. The van der Waals surface area contributed by atoms with Gasteiger partial charge in [0, 0.05) is 18.4 Å². The van der Waals surface area contributed by atoms with Gasteiger partial charge in [-0.25, -0.2) is 9.78 Å². The molecule has 3 aromatic carbocycles. The first-order valence-electron chi connectivity index (χ1n) is 12.1. The molecule has 0 spiro atoms. The van der Waals surface area contributed by atoms with Gasteiger partial charge in [-0.15, -0.1) is 0 Å². The molecule has 0 N–H and O–H groups in total. The Morgan fingerprint density at radius 3 is 2.25 bits per heavy atom. The maximum Gasteiger partial charge on any atom is 0.350 e. The van der Waals surface area contributed by atoms with Crippen molar-refractivity contribution in [1.29, 1.82) is 0 Å². The fraction of sp³-hybridized carbons (Fsp3) is 0.267. The molecule has 6 heteroatoms. The third-order valence-corrected chi connectivity index (χ3v) is 5.78. The molecule has 4 rings (SSSR count). The molecule has 1 aromatic heterocycles. The summed E-state index contributed by atoms with van der Waals surface area (Å²) in [5, 5.41) is 0. The van der Waals surface area contributed by atoms with Gasteiger partial charge in [0.15, 0.2) is 0 Å². The largest absolute Gasteiger partial charge is 0.493 e. The Labute approximate surface area is 211 Å². The highest BCUT2D eigenvalue weighted by Crippen LogP contribution is 2.26. The Bertz CT molecular complexity index is 1250. The van der Waals surface area contributed by atoms with Crippen molar-refractivity contribution >= 4 is 5.97 Å². The second-order valence-corrected chi connectivity index (χ2v) is 8.67. The average Bonchev–Trinajstić information content (AvgIpc) is 3.26. The Kier molecular flexibility index (Phi) is 8.06. The van der Waals surface area contributed by atoms with Crippen molar-refractivity contribution < 1.29 is 23.4 Å². The van der Waals surface area contributed by atoms with Gasteiger partial charge in [0.1, 0.15) is 17.3 Å². The van der Waals surface area contributed by atoms with Gasteiger partial charge >= 0.3 is 5.97 Å². The van der Waals surface area contributed by atoms with E-state index in [0.717, 1.165) is 28.3 Å². The molecule has 0 radical (unpaired) electrons. The van der Waals surface area contributed by atoms with Crippen molar-refractivity contribution in [2.75, 3.05) is 13.2 Å². The van der Waals surface area contributed by atoms with Crippen molar-refractivity contribution in [1.82, 2.24) is 4.98 Å². The van der Waals surface area contributed by atoms with Gasteiger partial charge in [-0.05, 0) is 62.7 Å². The van der Waals surface area contributed by atoms with Crippen molar-refractivity contribution in [2.24, 2.45) is 0 Å². The summed E-state index contributed by atoms with van der Waals surface area (Å²) in [6, 6.07) is 26.8. The molecule has 6 nitrogen and oxygen atoms in total. The molecule has 0 saturated carbocycles. The lowest BCUT2D eigenvalue weighted by molar-refractivity contribution is -0.160. The highest BCUT2D eigenvalue weighted by Gasteiger charge is 2.37. The van der Waals surface area contributed by atoms with Crippen molar-refractivity contribution in [2.45, 2.75) is 39.2 Å². The Morgan fingerprint density at radius 1 is 0.917 bits per heavy atom. The minimum atomic E-state index is -1.15. The van der Waals surface area contributed by atoms with Crippen LogP contribution >= 0.6 is 0 Å². The summed E-state index contributed by atoms with van der Waals surface area (Å²) in [6.45, 7) is 6.22. The summed E-state index contributed by atoms with van der Waals surface area (Å²) in [6.07, 6.45) is 0.997. The third kappa shape index (κ3) is 6.33. The summed E-state index contributed by atoms with van der Waals surface area (Å²) in [5.74, 6) is 2.38. The molecular weight excluding hydrogens is 454 g/mol. The van der Waals surface area contributed by atoms with Crippen LogP contribution in [0.3, 0.4) is 0 Å². The van der Waals surface area contributed by atoms with Gasteiger partial charge in [-0.1, -0.05) is 48.5 Å². The van der Waals surface area contributed by atoms with Crippen LogP contribution in [-0.2, 0) is 22.4 Å². The molecule has 0 saturated heterocycles. The van der Waals surface area contributed by atoms with Crippen LogP contribution in [0.25, 0.3) is 11.5 Å². The predicted molar refractivity (Wildman–Crippen MR) is 138 cm³/mol. The number of nitrogens with zero attached hydrogens (tertiary/aromatic N) is 1. The normalized spacial score (nSPS) is 12.5. The molecule has 4 aromatic rings. The molecule has 0 aliphatic carbocycles. The minimum absolute atomic E-state index is 0.289. The van der Waals surface area contributed by atoms with Crippen LogP contribution in [0.5, 0.6) is 11.5 Å². The minimum Gasteiger partial charge on any atom is -0.493 e. The van der Waals surface area contributed by atoms with E-state index in [4.69, 9.17) is 18.6 Å². The number of carbonyl (C=O) groups excluding carboxylic acids is 1. The number of benzene rings is 3. The third-order valence-electron chi connectivity index (χ3n) is 5.78. The van der Waals surface area contributed by atoms with Crippen LogP contribution in [0, 0.1) is 6.92 Å². The SMILES string of the molecule is CCOC(=O)[C@](C)(Cc1ccc(OCCc2nc(-c3ccccc3)oc2C)cc1)Oc1ccccc1. The van der Waals surface area contributed by atoms with E-state index in [9.17, 15) is 4.79 Å². The van der Waals surface area contributed by atoms with E-state index in [0.29, 0.717) is 31.1 Å². The first-order valence-corrected chi connectivity index (χ1v) is 12.1. The van der Waals surface area contributed by atoms with Gasteiger partial charge in [0.25, 0.3) is 0 Å². The molecule has 1 atom stereocenters. The van der Waals surface area contributed by atoms with Crippen molar-refractivity contribution in [3.05, 3.63) is 102 Å². The molecule has 0 unspecified atom stereocenters. The maximum absolute atomic E-state index is 12.8. The molecule has 0 bridgehead atoms. The number of oxazole rings is 1. The van der Waals surface area contributed by atoms with Gasteiger partial charge in [-0.2, -0.15) is 0 Å². The fourth-order valence-corrected chi connectivity index (χ4v) is 3.91. The van der Waals surface area contributed by atoms with Gasteiger partial charge in [-0.3, -0.25) is 0 Å². The smallest absolute Gasteiger partial charge is 0.350 e. The average molecular weight is 486 g/mol. The Balaban J connectivity index is 1.36. The lowest BCUT2D eigenvalue weighted by Gasteiger charge is -2.28. The zero-order valence-electron chi connectivity index (χ0n) is 20.9. The van der Waals surface area contributed by atoms with E-state index in [-0.39, 0.29) is 6.61 Å². The van der Waals surface area contributed by atoms with Crippen LogP contribution in [0.15, 0.2) is 89.3 Å². The van der Waals surface area contributed by atoms with E-state index < -0.39 is 11.6 Å². The number of rotatable bonds is 11. The molecular formula is C30H31NO5. The lowest BCUT2D eigenvalue weighted by Crippen LogP contribution is -2.45. The molecule has 1 heterocycles. The molecule has 0 aliphatic heterocycles.